The SMILES string of the molecule is COc1cccc(C(=O)/C=C/c2cccc(Br)c2)c1. The second kappa shape index (κ2) is 6.34. The molecule has 2 nitrogen and oxygen atoms in total. The van der Waals surface area contributed by atoms with Crippen molar-refractivity contribution in [3.63, 3.8) is 0 Å². The molecule has 0 heterocycles. The standard InChI is InChI=1S/C16H13BrO2/c1-19-15-7-3-5-13(11-15)16(18)9-8-12-4-2-6-14(17)10-12/h2-11H,1H3/b9-8+. The molecule has 0 aliphatic carbocycles. The normalized spacial score (nSPS) is 10.6. The maximum absolute atomic E-state index is 12.0. The Bertz CT molecular complexity index is 618. The number of ether oxygens (including phenoxy) is 1. The average molecular weight is 317 g/mol. The molecule has 0 N–H and O–H groups in total. The quantitative estimate of drug-likeness (QED) is 0.619. The van der Waals surface area contributed by atoms with E-state index in [0.29, 0.717) is 11.3 Å². The van der Waals surface area contributed by atoms with Crippen LogP contribution in [0.4, 0.5) is 0 Å². The first-order valence-corrected chi connectivity index (χ1v) is 6.60. The van der Waals surface area contributed by atoms with Crippen molar-refractivity contribution in [2.75, 3.05) is 7.11 Å². The van der Waals surface area contributed by atoms with E-state index in [0.717, 1.165) is 10.0 Å². The summed E-state index contributed by atoms with van der Waals surface area (Å²) in [4.78, 5) is 12.0. The van der Waals surface area contributed by atoms with Gasteiger partial charge in [0.2, 0.25) is 0 Å². The first-order valence-electron chi connectivity index (χ1n) is 5.81. The Morgan fingerprint density at radius 1 is 1.16 bits per heavy atom. The molecule has 0 aliphatic rings. The van der Waals surface area contributed by atoms with Gasteiger partial charge in [0.05, 0.1) is 7.11 Å². The van der Waals surface area contributed by atoms with Crippen LogP contribution in [-0.4, -0.2) is 12.9 Å². The largest absolute Gasteiger partial charge is 0.497 e. The lowest BCUT2D eigenvalue weighted by molar-refractivity contribution is 0.104. The first-order chi connectivity index (χ1) is 9.19. The minimum atomic E-state index is -0.0427. The van der Waals surface area contributed by atoms with E-state index in [-0.39, 0.29) is 5.78 Å². The van der Waals surface area contributed by atoms with Crippen molar-refractivity contribution < 1.29 is 9.53 Å². The van der Waals surface area contributed by atoms with Gasteiger partial charge >= 0.3 is 0 Å². The summed E-state index contributed by atoms with van der Waals surface area (Å²) in [5.41, 5.74) is 1.59. The maximum Gasteiger partial charge on any atom is 0.185 e. The minimum absolute atomic E-state index is 0.0427. The van der Waals surface area contributed by atoms with Crippen molar-refractivity contribution in [1.82, 2.24) is 0 Å². The summed E-state index contributed by atoms with van der Waals surface area (Å²) < 4.78 is 6.09. The van der Waals surface area contributed by atoms with Gasteiger partial charge in [0.25, 0.3) is 0 Å². The van der Waals surface area contributed by atoms with Gasteiger partial charge in [-0.25, -0.2) is 0 Å². The molecule has 2 rings (SSSR count). The monoisotopic (exact) mass is 316 g/mol. The van der Waals surface area contributed by atoms with Crippen LogP contribution in [0.15, 0.2) is 59.1 Å². The molecule has 2 aromatic rings. The number of halogens is 1. The highest BCUT2D eigenvalue weighted by Crippen LogP contribution is 2.15. The fraction of sp³-hybridized carbons (Fsp3) is 0.0625. The van der Waals surface area contributed by atoms with Crippen LogP contribution in [0.5, 0.6) is 5.75 Å². The molecule has 0 amide bonds. The smallest absolute Gasteiger partial charge is 0.185 e. The first kappa shape index (κ1) is 13.6. The Morgan fingerprint density at radius 3 is 2.68 bits per heavy atom. The van der Waals surface area contributed by atoms with Crippen molar-refractivity contribution >= 4 is 27.8 Å². The molecule has 0 radical (unpaired) electrons. The van der Waals surface area contributed by atoms with Crippen molar-refractivity contribution in [2.24, 2.45) is 0 Å². The number of methoxy groups -OCH3 is 1. The van der Waals surface area contributed by atoms with Crippen LogP contribution in [0.1, 0.15) is 15.9 Å². The summed E-state index contributed by atoms with van der Waals surface area (Å²) in [6.45, 7) is 0. The fourth-order valence-corrected chi connectivity index (χ4v) is 2.07. The maximum atomic E-state index is 12.0. The summed E-state index contributed by atoms with van der Waals surface area (Å²) in [7, 11) is 1.58. The Hall–Kier alpha value is -1.87. The number of carbonyl (C=O) groups is 1. The van der Waals surface area contributed by atoms with Crippen molar-refractivity contribution in [3.05, 3.63) is 70.2 Å². The van der Waals surface area contributed by atoms with E-state index < -0.39 is 0 Å². The zero-order chi connectivity index (χ0) is 13.7. The van der Waals surface area contributed by atoms with E-state index in [1.165, 1.54) is 0 Å². The number of hydrogen-bond donors (Lipinski definition) is 0. The van der Waals surface area contributed by atoms with Gasteiger partial charge in [-0.05, 0) is 35.9 Å². The molecule has 0 saturated heterocycles. The van der Waals surface area contributed by atoms with Crippen molar-refractivity contribution in [2.45, 2.75) is 0 Å². The molecule has 0 bridgehead atoms. The highest BCUT2D eigenvalue weighted by molar-refractivity contribution is 9.10. The van der Waals surface area contributed by atoms with Gasteiger partial charge < -0.3 is 4.74 Å². The van der Waals surface area contributed by atoms with Crippen molar-refractivity contribution in [3.8, 4) is 5.75 Å². The van der Waals surface area contributed by atoms with E-state index in [9.17, 15) is 4.79 Å². The van der Waals surface area contributed by atoms with Crippen LogP contribution < -0.4 is 4.74 Å². The van der Waals surface area contributed by atoms with Gasteiger partial charge in [-0.1, -0.05) is 46.3 Å². The lowest BCUT2D eigenvalue weighted by Crippen LogP contribution is -1.94. The molecule has 0 aliphatic heterocycles. The Morgan fingerprint density at radius 2 is 1.95 bits per heavy atom. The lowest BCUT2D eigenvalue weighted by Gasteiger charge is -2.01. The van der Waals surface area contributed by atoms with E-state index in [1.807, 2.05) is 30.3 Å². The van der Waals surface area contributed by atoms with Crippen LogP contribution in [0, 0.1) is 0 Å². The molecule has 0 aromatic heterocycles. The van der Waals surface area contributed by atoms with Crippen LogP contribution >= 0.6 is 15.9 Å². The van der Waals surface area contributed by atoms with Gasteiger partial charge in [0, 0.05) is 10.0 Å². The number of rotatable bonds is 4. The molecule has 2 aromatic carbocycles. The number of hydrogen-bond acceptors (Lipinski definition) is 2. The molecule has 19 heavy (non-hydrogen) atoms. The predicted octanol–water partition coefficient (Wildman–Crippen LogP) is 4.35. The third-order valence-corrected chi connectivity index (χ3v) is 3.12. The van der Waals surface area contributed by atoms with Gasteiger partial charge in [0.15, 0.2) is 5.78 Å². The third-order valence-electron chi connectivity index (χ3n) is 2.63. The number of allylic oxidation sites excluding steroid dienone is 1. The topological polar surface area (TPSA) is 26.3 Å². The van der Waals surface area contributed by atoms with Crippen LogP contribution in [-0.2, 0) is 0 Å². The van der Waals surface area contributed by atoms with Crippen LogP contribution in [0.2, 0.25) is 0 Å². The zero-order valence-corrected chi connectivity index (χ0v) is 12.1. The average Bonchev–Trinajstić information content (AvgIpc) is 2.45. The Balaban J connectivity index is 2.16. The third kappa shape index (κ3) is 3.80. The molecule has 0 fully saturated rings. The van der Waals surface area contributed by atoms with E-state index in [2.05, 4.69) is 15.9 Å². The molecule has 96 valence electrons. The van der Waals surface area contributed by atoms with Crippen LogP contribution in [0.3, 0.4) is 0 Å². The molecule has 0 spiro atoms. The zero-order valence-electron chi connectivity index (χ0n) is 10.5. The predicted molar refractivity (Wildman–Crippen MR) is 80.5 cm³/mol. The molecular formula is C16H13BrO2. The lowest BCUT2D eigenvalue weighted by atomic mass is 10.1. The second-order valence-electron chi connectivity index (χ2n) is 3.98. The van der Waals surface area contributed by atoms with Gasteiger partial charge in [0.1, 0.15) is 5.75 Å². The summed E-state index contributed by atoms with van der Waals surface area (Å²) >= 11 is 3.40. The van der Waals surface area contributed by atoms with Gasteiger partial charge in [-0.3, -0.25) is 4.79 Å². The molecule has 0 unspecified atom stereocenters. The second-order valence-corrected chi connectivity index (χ2v) is 4.90. The fourth-order valence-electron chi connectivity index (χ4n) is 1.65. The van der Waals surface area contributed by atoms with E-state index in [1.54, 1.807) is 37.5 Å². The summed E-state index contributed by atoms with van der Waals surface area (Å²) in [6.07, 6.45) is 3.36. The van der Waals surface area contributed by atoms with Crippen molar-refractivity contribution in [1.29, 1.82) is 0 Å². The highest BCUT2D eigenvalue weighted by atomic mass is 79.9. The molecule has 0 atom stereocenters. The highest BCUT2D eigenvalue weighted by Gasteiger charge is 2.02. The summed E-state index contributed by atoms with van der Waals surface area (Å²) in [5.74, 6) is 0.639. The van der Waals surface area contributed by atoms with E-state index in [4.69, 9.17) is 4.74 Å². The number of benzene rings is 2. The Labute approximate surface area is 120 Å². The van der Waals surface area contributed by atoms with E-state index >= 15 is 0 Å². The number of ketones is 1. The summed E-state index contributed by atoms with van der Waals surface area (Å²) in [5, 5.41) is 0. The Kier molecular flexibility index (Phi) is 4.53. The van der Waals surface area contributed by atoms with Gasteiger partial charge in [-0.2, -0.15) is 0 Å². The molecule has 0 saturated carbocycles. The molecule has 3 heteroatoms. The molecular weight excluding hydrogens is 304 g/mol. The van der Waals surface area contributed by atoms with Gasteiger partial charge in [-0.15, -0.1) is 0 Å². The number of carbonyl (C=O) groups excluding carboxylic acids is 1. The summed E-state index contributed by atoms with van der Waals surface area (Å²) in [6, 6.07) is 14.9. The van der Waals surface area contributed by atoms with Crippen LogP contribution in [0.25, 0.3) is 6.08 Å². The minimum Gasteiger partial charge on any atom is -0.497 e.